The molecule has 2 N–H and O–H groups in total. The van der Waals surface area contributed by atoms with Crippen molar-refractivity contribution in [3.05, 3.63) is 29.8 Å². The molecule has 0 amide bonds. The van der Waals surface area contributed by atoms with Crippen LogP contribution in [0.1, 0.15) is 12.5 Å². The van der Waals surface area contributed by atoms with E-state index in [2.05, 4.69) is 9.68 Å². The first-order valence-electron chi connectivity index (χ1n) is 5.40. The van der Waals surface area contributed by atoms with Crippen LogP contribution in [-0.2, 0) is 11.0 Å². The molecule has 2 rings (SSSR count). The molecule has 106 valence electrons. The number of aromatic nitrogens is 1. The minimum Gasteiger partial charge on any atom is -0.418 e. The van der Waals surface area contributed by atoms with Crippen molar-refractivity contribution in [1.29, 1.82) is 0 Å². The molecule has 8 heteroatoms. The molecule has 0 atom stereocenters. The van der Waals surface area contributed by atoms with Crippen molar-refractivity contribution in [1.82, 2.24) is 5.16 Å². The van der Waals surface area contributed by atoms with Crippen molar-refractivity contribution in [3.8, 4) is 17.0 Å². The Morgan fingerprint density at radius 2 is 2.10 bits per heavy atom. The smallest absolute Gasteiger partial charge is 0.416 e. The van der Waals surface area contributed by atoms with E-state index >= 15 is 0 Å². The van der Waals surface area contributed by atoms with Crippen LogP contribution >= 0.6 is 0 Å². The molecule has 0 aliphatic heterocycles. The van der Waals surface area contributed by atoms with Gasteiger partial charge in [-0.05, 0) is 12.1 Å². The number of anilines is 1. The van der Waals surface area contributed by atoms with Crippen LogP contribution in [0.5, 0.6) is 5.75 Å². The fourth-order valence-electron chi connectivity index (χ4n) is 1.56. The quantitative estimate of drug-likeness (QED) is 0.859. The average Bonchev–Trinajstić information content (AvgIpc) is 2.70. The molecule has 1 aromatic carbocycles. The van der Waals surface area contributed by atoms with Gasteiger partial charge in [0.15, 0.2) is 5.69 Å². The zero-order valence-electron chi connectivity index (χ0n) is 10.2. The molecule has 0 unspecified atom stereocenters. The molecule has 0 aliphatic carbocycles. The molecule has 20 heavy (non-hydrogen) atoms. The first kappa shape index (κ1) is 13.9. The topological polar surface area (TPSA) is 78.3 Å². The Balaban J connectivity index is 2.50. The third-order valence-corrected chi connectivity index (χ3v) is 2.38. The van der Waals surface area contributed by atoms with Gasteiger partial charge in [0.1, 0.15) is 0 Å². The summed E-state index contributed by atoms with van der Waals surface area (Å²) >= 11 is 0. The van der Waals surface area contributed by atoms with Crippen molar-refractivity contribution in [2.24, 2.45) is 0 Å². The summed E-state index contributed by atoms with van der Waals surface area (Å²) in [4.78, 5) is 10.9. The van der Waals surface area contributed by atoms with E-state index in [1.54, 1.807) is 0 Å². The number of nitrogens with two attached hydrogens (primary N) is 1. The van der Waals surface area contributed by atoms with E-state index in [4.69, 9.17) is 10.5 Å². The number of nitrogen functional groups attached to an aromatic ring is 1. The number of halogens is 3. The standard InChI is InChI=1S/C12H9F3N2O3/c1-6(18)19-10-9(17-20-11(10)16)7-3-2-4-8(5-7)12(13,14)15/h2-5H,16H2,1H3. The zero-order valence-corrected chi connectivity index (χ0v) is 10.2. The molecule has 2 aromatic rings. The molecular formula is C12H9F3N2O3. The predicted molar refractivity (Wildman–Crippen MR) is 62.7 cm³/mol. The van der Waals surface area contributed by atoms with E-state index in [-0.39, 0.29) is 22.9 Å². The lowest BCUT2D eigenvalue weighted by atomic mass is 10.1. The largest absolute Gasteiger partial charge is 0.418 e. The van der Waals surface area contributed by atoms with Crippen LogP contribution in [0.15, 0.2) is 28.8 Å². The van der Waals surface area contributed by atoms with Crippen LogP contribution in [0.2, 0.25) is 0 Å². The highest BCUT2D eigenvalue weighted by Gasteiger charge is 2.31. The lowest BCUT2D eigenvalue weighted by molar-refractivity contribution is -0.137. The highest BCUT2D eigenvalue weighted by atomic mass is 19.4. The predicted octanol–water partition coefficient (Wildman–Crippen LogP) is 2.87. The normalized spacial score (nSPS) is 11.4. The molecule has 1 aromatic heterocycles. The Morgan fingerprint density at radius 1 is 1.40 bits per heavy atom. The number of benzene rings is 1. The molecule has 0 aliphatic rings. The molecule has 0 fully saturated rings. The maximum atomic E-state index is 12.6. The summed E-state index contributed by atoms with van der Waals surface area (Å²) in [5, 5.41) is 3.52. The number of nitrogens with zero attached hydrogens (tertiary/aromatic N) is 1. The van der Waals surface area contributed by atoms with Gasteiger partial charge in [-0.2, -0.15) is 13.2 Å². The van der Waals surface area contributed by atoms with Gasteiger partial charge in [0.2, 0.25) is 5.75 Å². The van der Waals surface area contributed by atoms with Gasteiger partial charge in [-0.3, -0.25) is 4.79 Å². The summed E-state index contributed by atoms with van der Waals surface area (Å²) < 4.78 is 47.4. The van der Waals surface area contributed by atoms with Gasteiger partial charge < -0.3 is 15.0 Å². The van der Waals surface area contributed by atoms with Crippen LogP contribution in [0, 0.1) is 0 Å². The van der Waals surface area contributed by atoms with Gasteiger partial charge >= 0.3 is 12.1 Å². The second-order valence-corrected chi connectivity index (χ2v) is 3.90. The second-order valence-electron chi connectivity index (χ2n) is 3.90. The monoisotopic (exact) mass is 286 g/mol. The first-order valence-corrected chi connectivity index (χ1v) is 5.40. The van der Waals surface area contributed by atoms with Gasteiger partial charge in [0.05, 0.1) is 5.56 Å². The van der Waals surface area contributed by atoms with E-state index in [1.807, 2.05) is 0 Å². The average molecular weight is 286 g/mol. The van der Waals surface area contributed by atoms with Crippen molar-refractivity contribution < 1.29 is 27.2 Å². The third kappa shape index (κ3) is 2.73. The van der Waals surface area contributed by atoms with Gasteiger partial charge in [-0.15, -0.1) is 0 Å². The van der Waals surface area contributed by atoms with Gasteiger partial charge in [0, 0.05) is 12.5 Å². The van der Waals surface area contributed by atoms with Crippen molar-refractivity contribution in [2.45, 2.75) is 13.1 Å². The molecule has 0 radical (unpaired) electrons. The Bertz CT molecular complexity index is 650. The van der Waals surface area contributed by atoms with Gasteiger partial charge in [-0.1, -0.05) is 17.3 Å². The second kappa shape index (κ2) is 4.87. The van der Waals surface area contributed by atoms with E-state index in [0.717, 1.165) is 19.1 Å². The number of rotatable bonds is 2. The Morgan fingerprint density at radius 3 is 2.70 bits per heavy atom. The molecule has 0 spiro atoms. The lowest BCUT2D eigenvalue weighted by Crippen LogP contribution is -2.05. The van der Waals surface area contributed by atoms with Crippen LogP contribution < -0.4 is 10.5 Å². The minimum absolute atomic E-state index is 0.0659. The van der Waals surface area contributed by atoms with Crippen LogP contribution in [0.25, 0.3) is 11.3 Å². The summed E-state index contributed by atoms with van der Waals surface area (Å²) in [6.45, 7) is 1.13. The third-order valence-electron chi connectivity index (χ3n) is 2.38. The number of carbonyl (C=O) groups is 1. The van der Waals surface area contributed by atoms with Crippen LogP contribution in [-0.4, -0.2) is 11.1 Å². The number of hydrogen-bond donors (Lipinski definition) is 1. The summed E-state index contributed by atoms with van der Waals surface area (Å²) in [6.07, 6.45) is -4.49. The molecule has 0 saturated heterocycles. The van der Waals surface area contributed by atoms with Crippen molar-refractivity contribution in [2.75, 3.05) is 5.73 Å². The highest BCUT2D eigenvalue weighted by Crippen LogP contribution is 2.37. The van der Waals surface area contributed by atoms with E-state index in [0.29, 0.717) is 0 Å². The number of carbonyl (C=O) groups excluding carboxylic acids is 1. The lowest BCUT2D eigenvalue weighted by Gasteiger charge is -2.08. The summed E-state index contributed by atoms with van der Waals surface area (Å²) in [6, 6.07) is 4.36. The molecule has 1 heterocycles. The van der Waals surface area contributed by atoms with Crippen LogP contribution in [0.4, 0.5) is 19.1 Å². The molecule has 0 bridgehead atoms. The summed E-state index contributed by atoms with van der Waals surface area (Å²) in [5.74, 6) is -1.17. The van der Waals surface area contributed by atoms with E-state index in [9.17, 15) is 18.0 Å². The van der Waals surface area contributed by atoms with E-state index < -0.39 is 17.7 Å². The van der Waals surface area contributed by atoms with Crippen LogP contribution in [0.3, 0.4) is 0 Å². The summed E-state index contributed by atoms with van der Waals surface area (Å²) in [5.41, 5.74) is 4.58. The number of alkyl halides is 3. The summed E-state index contributed by atoms with van der Waals surface area (Å²) in [7, 11) is 0. The molecule has 0 saturated carbocycles. The maximum absolute atomic E-state index is 12.6. The zero-order chi connectivity index (χ0) is 14.9. The number of ether oxygens (including phenoxy) is 1. The maximum Gasteiger partial charge on any atom is 0.416 e. The molecular weight excluding hydrogens is 277 g/mol. The first-order chi connectivity index (χ1) is 9.29. The SMILES string of the molecule is CC(=O)Oc1c(-c2cccc(C(F)(F)F)c2)noc1N. The highest BCUT2D eigenvalue weighted by molar-refractivity contribution is 5.78. The Hall–Kier alpha value is -2.51. The Kier molecular flexibility index (Phi) is 3.39. The molecule has 5 nitrogen and oxygen atoms in total. The van der Waals surface area contributed by atoms with E-state index in [1.165, 1.54) is 12.1 Å². The Labute approximate surface area is 111 Å². The van der Waals surface area contributed by atoms with Gasteiger partial charge in [0.25, 0.3) is 5.88 Å². The van der Waals surface area contributed by atoms with Crippen molar-refractivity contribution >= 4 is 11.9 Å². The fourth-order valence-corrected chi connectivity index (χ4v) is 1.56. The number of hydrogen-bond acceptors (Lipinski definition) is 5. The van der Waals surface area contributed by atoms with Gasteiger partial charge in [-0.25, -0.2) is 0 Å². The minimum atomic E-state index is -4.49. The fraction of sp³-hybridized carbons (Fsp3) is 0.167. The number of esters is 1. The van der Waals surface area contributed by atoms with Crippen molar-refractivity contribution in [3.63, 3.8) is 0 Å².